The Morgan fingerprint density at radius 2 is 1.64 bits per heavy atom. The van der Waals surface area contributed by atoms with Crippen molar-refractivity contribution in [2.24, 2.45) is 0 Å². The van der Waals surface area contributed by atoms with Crippen LogP contribution >= 0.6 is 12.4 Å². The molecule has 0 radical (unpaired) electrons. The number of piperazine rings is 1. The molecule has 1 saturated heterocycles. The van der Waals surface area contributed by atoms with Gasteiger partial charge in [-0.3, -0.25) is 14.4 Å². The Labute approximate surface area is 248 Å². The lowest BCUT2D eigenvalue weighted by Gasteiger charge is -2.39. The highest BCUT2D eigenvalue weighted by Crippen LogP contribution is 2.31. The van der Waals surface area contributed by atoms with Gasteiger partial charge in [0.25, 0.3) is 0 Å². The van der Waals surface area contributed by atoms with Gasteiger partial charge in [0, 0.05) is 32.7 Å². The molecule has 0 aliphatic carbocycles. The Bertz CT molecular complexity index is 1340. The van der Waals surface area contributed by atoms with Gasteiger partial charge in [-0.1, -0.05) is 38.1 Å². The molecule has 3 rings (SSSR count). The van der Waals surface area contributed by atoms with Gasteiger partial charge in [0.2, 0.25) is 21.8 Å². The normalized spacial score (nSPS) is 16.1. The molecule has 232 valence electrons. The molecule has 42 heavy (non-hydrogen) atoms. The summed E-state index contributed by atoms with van der Waals surface area (Å²) in [5.74, 6) is -1.86. The van der Waals surface area contributed by atoms with Gasteiger partial charge in [0.1, 0.15) is 6.04 Å². The quantitative estimate of drug-likeness (QED) is 0.324. The number of carbonyl (C=O) groups is 3. The van der Waals surface area contributed by atoms with Crippen LogP contribution in [0, 0.1) is 0 Å². The maximum absolute atomic E-state index is 13.5. The highest BCUT2D eigenvalue weighted by Gasteiger charge is 2.41. The highest BCUT2D eigenvalue weighted by atomic mass is 35.5. The predicted molar refractivity (Wildman–Crippen MR) is 150 cm³/mol. The average Bonchev–Trinajstić information content (AvgIpc) is 2.93. The number of hydrogen-bond acceptors (Lipinski definition) is 6. The number of alkyl halides is 3. The minimum atomic E-state index is -4.65. The van der Waals surface area contributed by atoms with Gasteiger partial charge in [-0.25, -0.2) is 8.42 Å². The van der Waals surface area contributed by atoms with Crippen LogP contribution in [-0.2, 0) is 37.1 Å². The summed E-state index contributed by atoms with van der Waals surface area (Å²) in [5.41, 5.74) is 0.860. The second-order valence-electron chi connectivity index (χ2n) is 9.93. The van der Waals surface area contributed by atoms with Crippen LogP contribution in [0.2, 0.25) is 0 Å². The Balaban J connectivity index is 0.00000616. The van der Waals surface area contributed by atoms with E-state index in [0.717, 1.165) is 27.6 Å². The Kier molecular flexibility index (Phi) is 12.3. The molecule has 3 N–H and O–H groups in total. The third-order valence-corrected chi connectivity index (χ3v) is 8.60. The van der Waals surface area contributed by atoms with E-state index in [0.29, 0.717) is 18.1 Å². The van der Waals surface area contributed by atoms with Crippen molar-refractivity contribution < 1.29 is 41.1 Å². The van der Waals surface area contributed by atoms with Crippen LogP contribution in [0.5, 0.6) is 0 Å². The Hall–Kier alpha value is -3.20. The maximum atomic E-state index is 13.5. The van der Waals surface area contributed by atoms with Crippen LogP contribution < -0.4 is 10.6 Å². The number of sulfonamides is 1. The number of carboxylic acids is 1. The Morgan fingerprint density at radius 1 is 1.02 bits per heavy atom. The van der Waals surface area contributed by atoms with Gasteiger partial charge < -0.3 is 20.6 Å². The summed E-state index contributed by atoms with van der Waals surface area (Å²) in [4.78, 5) is 37.7. The number of nitrogens with one attached hydrogen (secondary N) is 2. The number of carboxylic acid groups (broad SMARTS) is 1. The first-order valence-corrected chi connectivity index (χ1v) is 14.4. The zero-order valence-electron chi connectivity index (χ0n) is 23.1. The van der Waals surface area contributed by atoms with E-state index in [1.807, 2.05) is 38.1 Å². The molecule has 15 heteroatoms. The lowest BCUT2D eigenvalue weighted by atomic mass is 10.0. The lowest BCUT2D eigenvalue weighted by molar-refractivity contribution is -0.138. The van der Waals surface area contributed by atoms with E-state index in [1.165, 1.54) is 4.90 Å². The van der Waals surface area contributed by atoms with E-state index in [4.69, 9.17) is 5.11 Å². The molecular weight excluding hydrogens is 601 g/mol. The third-order valence-electron chi connectivity index (χ3n) is 6.68. The topological polar surface area (TPSA) is 136 Å². The first-order valence-electron chi connectivity index (χ1n) is 13.0. The van der Waals surface area contributed by atoms with Gasteiger partial charge in [0.05, 0.1) is 23.4 Å². The van der Waals surface area contributed by atoms with Crippen molar-refractivity contribution in [3.8, 4) is 0 Å². The van der Waals surface area contributed by atoms with Gasteiger partial charge in [-0.05, 0) is 41.3 Å². The summed E-state index contributed by atoms with van der Waals surface area (Å²) in [7, 11) is -4.41. The van der Waals surface area contributed by atoms with Crippen LogP contribution in [0.15, 0.2) is 53.4 Å². The molecule has 1 aliphatic heterocycles. The molecule has 0 unspecified atom stereocenters. The number of carbonyl (C=O) groups excluding carboxylic acids is 2. The smallest absolute Gasteiger partial charge is 0.416 e. The summed E-state index contributed by atoms with van der Waals surface area (Å²) in [6.07, 6.45) is -4.85. The summed E-state index contributed by atoms with van der Waals surface area (Å²) in [5, 5.41) is 14.2. The van der Waals surface area contributed by atoms with Crippen molar-refractivity contribution in [3.05, 3.63) is 65.2 Å². The number of amides is 2. The second-order valence-corrected chi connectivity index (χ2v) is 11.8. The summed E-state index contributed by atoms with van der Waals surface area (Å²) in [6, 6.07) is 9.17. The standard InChI is InChI=1S/C27H33F3N4O6S.ClH/c1-18(2)20-5-3-19(4-6-20)15-32-26(38)23-17-33(24(35)16-31-12-11-25(36)37)13-14-34(23)41(39,40)22-9-7-21(8-10-22)27(28,29)30;/h3-10,18,23,31H,11-17H2,1-2H3,(H,32,38)(H,36,37);1H/t23-;/m1./s1. The van der Waals surface area contributed by atoms with E-state index in [2.05, 4.69) is 10.6 Å². The molecule has 1 atom stereocenters. The molecule has 0 spiro atoms. The van der Waals surface area contributed by atoms with Crippen LogP contribution in [0.25, 0.3) is 0 Å². The first-order chi connectivity index (χ1) is 19.2. The van der Waals surface area contributed by atoms with Crippen molar-refractivity contribution in [1.82, 2.24) is 19.8 Å². The molecule has 1 heterocycles. The van der Waals surface area contributed by atoms with E-state index in [1.54, 1.807) is 0 Å². The average molecular weight is 635 g/mol. The molecule has 2 amide bonds. The summed E-state index contributed by atoms with van der Waals surface area (Å²) >= 11 is 0. The van der Waals surface area contributed by atoms with Crippen LogP contribution in [0.4, 0.5) is 13.2 Å². The molecule has 0 aromatic heterocycles. The van der Waals surface area contributed by atoms with Gasteiger partial charge in [-0.15, -0.1) is 12.4 Å². The van der Waals surface area contributed by atoms with Crippen molar-refractivity contribution in [3.63, 3.8) is 0 Å². The predicted octanol–water partition coefficient (Wildman–Crippen LogP) is 2.83. The highest BCUT2D eigenvalue weighted by molar-refractivity contribution is 7.89. The molecule has 1 fully saturated rings. The number of rotatable bonds is 11. The molecule has 1 aliphatic rings. The van der Waals surface area contributed by atoms with Crippen LogP contribution in [-0.4, -0.2) is 79.3 Å². The molecule has 2 aromatic carbocycles. The fourth-order valence-corrected chi connectivity index (χ4v) is 5.85. The van der Waals surface area contributed by atoms with E-state index < -0.39 is 50.5 Å². The van der Waals surface area contributed by atoms with Gasteiger partial charge in [-0.2, -0.15) is 17.5 Å². The fraction of sp³-hybridized carbons (Fsp3) is 0.444. The van der Waals surface area contributed by atoms with Gasteiger partial charge in [0.15, 0.2) is 0 Å². The zero-order chi connectivity index (χ0) is 30.4. The molecule has 2 aromatic rings. The van der Waals surface area contributed by atoms with Crippen LogP contribution in [0.1, 0.15) is 42.9 Å². The minimum absolute atomic E-state index is 0. The molecule has 0 saturated carbocycles. The summed E-state index contributed by atoms with van der Waals surface area (Å²) < 4.78 is 66.9. The van der Waals surface area contributed by atoms with E-state index in [-0.39, 0.29) is 58.1 Å². The molecule has 0 bridgehead atoms. The van der Waals surface area contributed by atoms with Crippen LogP contribution in [0.3, 0.4) is 0 Å². The lowest BCUT2D eigenvalue weighted by Crippen LogP contribution is -2.62. The number of halogens is 4. The Morgan fingerprint density at radius 3 is 2.19 bits per heavy atom. The number of benzene rings is 2. The number of hydrogen-bond donors (Lipinski definition) is 3. The zero-order valence-corrected chi connectivity index (χ0v) is 24.7. The van der Waals surface area contributed by atoms with E-state index in [9.17, 15) is 36.0 Å². The fourth-order valence-electron chi connectivity index (χ4n) is 4.28. The van der Waals surface area contributed by atoms with E-state index >= 15 is 0 Å². The maximum Gasteiger partial charge on any atom is 0.416 e. The SMILES string of the molecule is CC(C)c1ccc(CNC(=O)[C@H]2CN(C(=O)CNCCC(=O)O)CCN2S(=O)(=O)c2ccc(C(F)(F)F)cc2)cc1.Cl. The van der Waals surface area contributed by atoms with Crippen molar-refractivity contribution in [2.45, 2.75) is 49.8 Å². The minimum Gasteiger partial charge on any atom is -0.481 e. The summed E-state index contributed by atoms with van der Waals surface area (Å²) in [6.45, 7) is 3.37. The number of nitrogens with zero attached hydrogens (tertiary/aromatic N) is 2. The number of aliphatic carboxylic acids is 1. The molecule has 10 nitrogen and oxygen atoms in total. The van der Waals surface area contributed by atoms with Crippen molar-refractivity contribution in [1.29, 1.82) is 0 Å². The van der Waals surface area contributed by atoms with Crippen molar-refractivity contribution in [2.75, 3.05) is 32.7 Å². The van der Waals surface area contributed by atoms with Gasteiger partial charge >= 0.3 is 12.1 Å². The molecular formula is C27H34ClF3N4O6S. The third kappa shape index (κ3) is 9.15. The largest absolute Gasteiger partial charge is 0.481 e. The second kappa shape index (κ2) is 14.8. The monoisotopic (exact) mass is 634 g/mol. The first kappa shape index (κ1) is 35.0. The van der Waals surface area contributed by atoms with Crippen molar-refractivity contribution >= 4 is 40.2 Å².